The van der Waals surface area contributed by atoms with E-state index in [0.29, 0.717) is 24.6 Å². The first-order valence-electron chi connectivity index (χ1n) is 7.22. The van der Waals surface area contributed by atoms with E-state index in [2.05, 4.69) is 26.1 Å². The van der Waals surface area contributed by atoms with E-state index in [1.165, 1.54) is 0 Å². The average Bonchev–Trinajstić information content (AvgIpc) is 3.14. The van der Waals surface area contributed by atoms with E-state index in [1.807, 2.05) is 16.3 Å². The molecule has 0 radical (unpaired) electrons. The molecule has 0 spiro atoms. The summed E-state index contributed by atoms with van der Waals surface area (Å²) in [7, 11) is 0. The van der Waals surface area contributed by atoms with Crippen LogP contribution in [0.2, 0.25) is 0 Å². The van der Waals surface area contributed by atoms with E-state index in [-0.39, 0.29) is 11.9 Å². The van der Waals surface area contributed by atoms with Crippen LogP contribution >= 0.6 is 27.3 Å². The fraction of sp³-hybridized carbons (Fsp3) is 0.500. The predicted molar refractivity (Wildman–Crippen MR) is 87.4 cm³/mol. The molecule has 0 saturated carbocycles. The average molecular weight is 385 g/mol. The van der Waals surface area contributed by atoms with Crippen LogP contribution in [0.25, 0.3) is 10.7 Å². The number of aryl methyl sites for hydroxylation is 1. The minimum Gasteiger partial charge on any atom is -0.343 e. The molecule has 1 aliphatic heterocycles. The smallest absolute Gasteiger partial charge is 0.227 e. The topological polar surface area (TPSA) is 85.2 Å². The number of nitrogens with zero attached hydrogens (tertiary/aromatic N) is 3. The summed E-state index contributed by atoms with van der Waals surface area (Å²) in [4.78, 5) is 19.3. The first-order valence-corrected chi connectivity index (χ1v) is 8.89. The lowest BCUT2D eigenvalue weighted by molar-refractivity contribution is -0.132. The molecule has 0 aliphatic carbocycles. The van der Waals surface area contributed by atoms with Gasteiger partial charge in [0.25, 0.3) is 0 Å². The number of thiophene rings is 1. The molecule has 1 fully saturated rings. The number of aromatic nitrogens is 2. The second-order valence-corrected chi connectivity index (χ2v) is 7.19. The third-order valence-electron chi connectivity index (χ3n) is 3.70. The number of nitrogens with two attached hydrogens (primary N) is 1. The fourth-order valence-corrected chi connectivity index (χ4v) is 3.76. The lowest BCUT2D eigenvalue weighted by atomic mass is 10.1. The molecule has 1 aliphatic rings. The number of amides is 1. The Bertz CT molecular complexity index is 649. The van der Waals surface area contributed by atoms with E-state index in [0.717, 1.165) is 35.3 Å². The Labute approximate surface area is 140 Å². The number of carbonyl (C=O) groups excluding carboxylic acids is 1. The number of rotatable bonds is 4. The first kappa shape index (κ1) is 15.6. The van der Waals surface area contributed by atoms with Crippen molar-refractivity contribution in [1.29, 1.82) is 0 Å². The van der Waals surface area contributed by atoms with Gasteiger partial charge in [-0.15, -0.1) is 11.3 Å². The zero-order chi connectivity index (χ0) is 15.5. The second kappa shape index (κ2) is 6.89. The van der Waals surface area contributed by atoms with Gasteiger partial charge in [-0.2, -0.15) is 4.98 Å². The Morgan fingerprint density at radius 1 is 1.50 bits per heavy atom. The third-order valence-corrected chi connectivity index (χ3v) is 5.39. The molecule has 2 aromatic rings. The number of carbonyl (C=O) groups is 1. The van der Waals surface area contributed by atoms with Crippen molar-refractivity contribution in [2.45, 2.75) is 31.7 Å². The van der Waals surface area contributed by atoms with Gasteiger partial charge in [-0.05, 0) is 34.8 Å². The fourth-order valence-electron chi connectivity index (χ4n) is 2.41. The molecule has 118 valence electrons. The van der Waals surface area contributed by atoms with Crippen LogP contribution < -0.4 is 5.73 Å². The minimum absolute atomic E-state index is 0.130. The molecule has 0 atom stereocenters. The Kier molecular flexibility index (Phi) is 4.90. The van der Waals surface area contributed by atoms with E-state index in [9.17, 15) is 4.79 Å². The molecule has 6 nitrogen and oxygen atoms in total. The third kappa shape index (κ3) is 3.74. The summed E-state index contributed by atoms with van der Waals surface area (Å²) in [6, 6.07) is 2.18. The lowest BCUT2D eigenvalue weighted by Crippen LogP contribution is -2.42. The van der Waals surface area contributed by atoms with Gasteiger partial charge in [-0.3, -0.25) is 4.79 Å². The van der Waals surface area contributed by atoms with E-state index in [4.69, 9.17) is 10.3 Å². The SMILES string of the molecule is NC1CCN(C(=O)CCc2nc(-c3cc(Br)cs3)no2)CC1. The van der Waals surface area contributed by atoms with Gasteiger partial charge in [-0.1, -0.05) is 5.16 Å². The first-order chi connectivity index (χ1) is 10.6. The largest absolute Gasteiger partial charge is 0.343 e. The predicted octanol–water partition coefficient (Wildman–Crippen LogP) is 2.44. The monoisotopic (exact) mass is 384 g/mol. The zero-order valence-electron chi connectivity index (χ0n) is 12.0. The van der Waals surface area contributed by atoms with Crippen molar-refractivity contribution in [3.63, 3.8) is 0 Å². The molecular weight excluding hydrogens is 368 g/mol. The molecule has 3 heterocycles. The van der Waals surface area contributed by atoms with Gasteiger partial charge in [0.05, 0.1) is 4.88 Å². The number of hydrogen-bond donors (Lipinski definition) is 1. The number of hydrogen-bond acceptors (Lipinski definition) is 6. The van der Waals surface area contributed by atoms with Crippen LogP contribution in [0.5, 0.6) is 0 Å². The maximum absolute atomic E-state index is 12.1. The van der Waals surface area contributed by atoms with Crippen molar-refractivity contribution in [3.05, 3.63) is 21.8 Å². The normalized spacial score (nSPS) is 16.2. The highest BCUT2D eigenvalue weighted by Gasteiger charge is 2.21. The molecule has 0 aromatic carbocycles. The van der Waals surface area contributed by atoms with E-state index >= 15 is 0 Å². The second-order valence-electron chi connectivity index (χ2n) is 5.36. The summed E-state index contributed by atoms with van der Waals surface area (Å²) in [6.45, 7) is 1.50. The number of piperidine rings is 1. The Morgan fingerprint density at radius 3 is 2.95 bits per heavy atom. The summed E-state index contributed by atoms with van der Waals surface area (Å²) in [5, 5.41) is 5.93. The molecule has 1 saturated heterocycles. The zero-order valence-corrected chi connectivity index (χ0v) is 14.4. The molecule has 22 heavy (non-hydrogen) atoms. The quantitative estimate of drug-likeness (QED) is 0.874. The molecule has 8 heteroatoms. The van der Waals surface area contributed by atoms with E-state index in [1.54, 1.807) is 11.3 Å². The molecule has 0 bridgehead atoms. The summed E-state index contributed by atoms with van der Waals surface area (Å²) >= 11 is 4.94. The summed E-state index contributed by atoms with van der Waals surface area (Å²) < 4.78 is 6.22. The molecule has 1 amide bonds. The Hall–Kier alpha value is -1.25. The molecular formula is C14H17BrN4O2S. The van der Waals surface area contributed by atoms with Gasteiger partial charge < -0.3 is 15.2 Å². The maximum Gasteiger partial charge on any atom is 0.227 e. The van der Waals surface area contributed by atoms with Crippen molar-refractivity contribution in [2.75, 3.05) is 13.1 Å². The highest BCUT2D eigenvalue weighted by molar-refractivity contribution is 9.10. The van der Waals surface area contributed by atoms with Crippen LogP contribution in [0.3, 0.4) is 0 Å². The van der Waals surface area contributed by atoms with Crippen LogP contribution in [0.15, 0.2) is 20.4 Å². The van der Waals surface area contributed by atoms with Crippen LogP contribution in [-0.4, -0.2) is 40.1 Å². The van der Waals surface area contributed by atoms with Gasteiger partial charge in [-0.25, -0.2) is 0 Å². The van der Waals surface area contributed by atoms with Crippen molar-refractivity contribution < 1.29 is 9.32 Å². The standard InChI is InChI=1S/C14H17BrN4O2S/c15-9-7-11(22-8-9)14-17-12(21-18-14)1-2-13(20)19-5-3-10(16)4-6-19/h7-8,10H,1-6,16H2. The summed E-state index contributed by atoms with van der Waals surface area (Å²) in [5.74, 6) is 1.20. The molecule has 2 N–H and O–H groups in total. The van der Waals surface area contributed by atoms with Crippen molar-refractivity contribution in [3.8, 4) is 10.7 Å². The van der Waals surface area contributed by atoms with Gasteiger partial charge >= 0.3 is 0 Å². The number of halogens is 1. The summed E-state index contributed by atoms with van der Waals surface area (Å²) in [5.41, 5.74) is 5.85. The van der Waals surface area contributed by atoms with Crippen LogP contribution in [-0.2, 0) is 11.2 Å². The molecule has 3 rings (SSSR count). The van der Waals surface area contributed by atoms with Crippen LogP contribution in [0.4, 0.5) is 0 Å². The lowest BCUT2D eigenvalue weighted by Gasteiger charge is -2.30. The van der Waals surface area contributed by atoms with Crippen molar-refractivity contribution in [1.82, 2.24) is 15.0 Å². The minimum atomic E-state index is 0.130. The van der Waals surface area contributed by atoms with Crippen LogP contribution in [0, 0.1) is 0 Å². The van der Waals surface area contributed by atoms with Gasteiger partial charge in [0.1, 0.15) is 0 Å². The summed E-state index contributed by atoms with van der Waals surface area (Å²) in [6.07, 6.45) is 2.62. The Morgan fingerprint density at radius 2 is 2.27 bits per heavy atom. The molecule has 0 unspecified atom stereocenters. The number of likely N-dealkylation sites (tertiary alicyclic amines) is 1. The van der Waals surface area contributed by atoms with E-state index < -0.39 is 0 Å². The van der Waals surface area contributed by atoms with Gasteiger partial charge in [0.15, 0.2) is 0 Å². The highest BCUT2D eigenvalue weighted by atomic mass is 79.9. The van der Waals surface area contributed by atoms with Crippen LogP contribution in [0.1, 0.15) is 25.2 Å². The highest BCUT2D eigenvalue weighted by Crippen LogP contribution is 2.27. The Balaban J connectivity index is 1.53. The van der Waals surface area contributed by atoms with Gasteiger partial charge in [0, 0.05) is 41.8 Å². The van der Waals surface area contributed by atoms with Crippen molar-refractivity contribution >= 4 is 33.2 Å². The van der Waals surface area contributed by atoms with Crippen molar-refractivity contribution in [2.24, 2.45) is 5.73 Å². The molecule has 2 aromatic heterocycles. The maximum atomic E-state index is 12.1. The van der Waals surface area contributed by atoms with Gasteiger partial charge in [0.2, 0.25) is 17.6 Å².